The molecule has 0 aliphatic heterocycles. The molecular weight excluding hydrogens is 258 g/mol. The zero-order chi connectivity index (χ0) is 11.1. The van der Waals surface area contributed by atoms with Gasteiger partial charge < -0.3 is 5.11 Å². The average molecular weight is 266 g/mol. The molecule has 0 amide bonds. The summed E-state index contributed by atoms with van der Waals surface area (Å²) >= 11 is 3.29. The molecule has 3 nitrogen and oxygen atoms in total. The average Bonchev–Trinajstić information content (AvgIpc) is 2.97. The van der Waals surface area contributed by atoms with E-state index in [4.69, 9.17) is 10.4 Å². The van der Waals surface area contributed by atoms with Gasteiger partial charge in [-0.15, -0.1) is 0 Å². The minimum absolute atomic E-state index is 0.234. The van der Waals surface area contributed by atoms with Crippen molar-refractivity contribution >= 4 is 21.9 Å². The van der Waals surface area contributed by atoms with E-state index >= 15 is 0 Å². The summed E-state index contributed by atoms with van der Waals surface area (Å²) in [6.45, 7) is 0. The van der Waals surface area contributed by atoms with Gasteiger partial charge in [-0.3, -0.25) is 0 Å². The third-order valence-corrected chi connectivity index (χ3v) is 3.18. The number of nitriles is 1. The number of carbonyl (C=O) groups is 1. The summed E-state index contributed by atoms with van der Waals surface area (Å²) < 4.78 is 0.809. The van der Waals surface area contributed by atoms with Crippen molar-refractivity contribution < 1.29 is 9.90 Å². The van der Waals surface area contributed by atoms with Crippen molar-refractivity contribution in [3.63, 3.8) is 0 Å². The topological polar surface area (TPSA) is 61.1 Å². The van der Waals surface area contributed by atoms with Crippen LogP contribution in [0.2, 0.25) is 0 Å². The predicted octanol–water partition coefficient (Wildman–Crippen LogP) is 2.70. The summed E-state index contributed by atoms with van der Waals surface area (Å²) in [5, 5.41) is 18.1. The van der Waals surface area contributed by atoms with Gasteiger partial charge in [-0.1, -0.05) is 15.9 Å². The van der Waals surface area contributed by atoms with Gasteiger partial charge in [-0.05, 0) is 36.6 Å². The molecule has 4 heteroatoms. The van der Waals surface area contributed by atoms with Crippen molar-refractivity contribution in [3.05, 3.63) is 33.8 Å². The number of nitrogens with zero attached hydrogens (tertiary/aromatic N) is 1. The van der Waals surface area contributed by atoms with Crippen molar-refractivity contribution in [2.24, 2.45) is 0 Å². The molecule has 0 saturated heterocycles. The number of aromatic carboxylic acids is 1. The standard InChI is InChI=1S/C11H8BrNO2/c12-7-1-2-8(10(14)15)9(5-7)11(6-13)3-4-11/h1-2,5H,3-4H2,(H,14,15). The lowest BCUT2D eigenvalue weighted by atomic mass is 9.93. The SMILES string of the molecule is N#CC1(c2cc(Br)ccc2C(=O)O)CC1. The van der Waals surface area contributed by atoms with Gasteiger partial charge >= 0.3 is 5.97 Å². The van der Waals surface area contributed by atoms with E-state index in [-0.39, 0.29) is 5.56 Å². The fourth-order valence-electron chi connectivity index (χ4n) is 1.67. The van der Waals surface area contributed by atoms with Gasteiger partial charge in [0, 0.05) is 4.47 Å². The summed E-state index contributed by atoms with van der Waals surface area (Å²) in [7, 11) is 0. The second-order valence-electron chi connectivity index (χ2n) is 3.69. The second kappa shape index (κ2) is 3.35. The van der Waals surface area contributed by atoms with Crippen LogP contribution in [-0.4, -0.2) is 11.1 Å². The Morgan fingerprint density at radius 3 is 2.67 bits per heavy atom. The predicted molar refractivity (Wildman–Crippen MR) is 57.6 cm³/mol. The molecule has 15 heavy (non-hydrogen) atoms. The van der Waals surface area contributed by atoms with Crippen molar-refractivity contribution in [2.75, 3.05) is 0 Å². The normalized spacial score (nSPS) is 16.8. The van der Waals surface area contributed by atoms with E-state index in [9.17, 15) is 4.79 Å². The molecule has 1 fully saturated rings. The molecule has 1 aromatic carbocycles. The second-order valence-corrected chi connectivity index (χ2v) is 4.60. The Morgan fingerprint density at radius 1 is 1.53 bits per heavy atom. The number of benzene rings is 1. The number of hydrogen-bond donors (Lipinski definition) is 1. The Bertz CT molecular complexity index is 472. The molecule has 1 aromatic rings. The fourth-order valence-corrected chi connectivity index (χ4v) is 2.03. The van der Waals surface area contributed by atoms with Gasteiger partial charge in [0.15, 0.2) is 0 Å². The molecule has 0 unspecified atom stereocenters. The lowest BCUT2D eigenvalue weighted by Crippen LogP contribution is -2.11. The highest BCUT2D eigenvalue weighted by Crippen LogP contribution is 2.49. The molecule has 0 bridgehead atoms. The molecule has 1 N–H and O–H groups in total. The highest BCUT2D eigenvalue weighted by Gasteiger charge is 2.47. The summed E-state index contributed by atoms with van der Waals surface area (Å²) in [6, 6.07) is 7.16. The summed E-state index contributed by atoms with van der Waals surface area (Å²) in [5.41, 5.74) is 0.307. The molecule has 1 aliphatic carbocycles. The molecule has 0 aromatic heterocycles. The summed E-state index contributed by atoms with van der Waals surface area (Å²) in [6.07, 6.45) is 1.50. The van der Waals surface area contributed by atoms with E-state index in [0.717, 1.165) is 17.3 Å². The first-order valence-electron chi connectivity index (χ1n) is 4.54. The molecular formula is C11H8BrNO2. The van der Waals surface area contributed by atoms with E-state index in [2.05, 4.69) is 22.0 Å². The maximum absolute atomic E-state index is 11.0. The minimum Gasteiger partial charge on any atom is -0.478 e. The van der Waals surface area contributed by atoms with Gasteiger partial charge in [0.05, 0.1) is 17.0 Å². The molecule has 0 heterocycles. The molecule has 1 aliphatic rings. The van der Waals surface area contributed by atoms with Gasteiger partial charge in [-0.25, -0.2) is 4.79 Å². The zero-order valence-corrected chi connectivity index (χ0v) is 9.41. The fraction of sp³-hybridized carbons (Fsp3) is 0.273. The highest BCUT2D eigenvalue weighted by molar-refractivity contribution is 9.10. The lowest BCUT2D eigenvalue weighted by molar-refractivity contribution is 0.0695. The van der Waals surface area contributed by atoms with Gasteiger partial charge in [-0.2, -0.15) is 5.26 Å². The quantitative estimate of drug-likeness (QED) is 0.895. The van der Waals surface area contributed by atoms with Crippen LogP contribution in [0.25, 0.3) is 0 Å². The van der Waals surface area contributed by atoms with Crippen LogP contribution < -0.4 is 0 Å². The van der Waals surface area contributed by atoms with Crippen LogP contribution in [0.15, 0.2) is 22.7 Å². The lowest BCUT2D eigenvalue weighted by Gasteiger charge is -2.10. The van der Waals surface area contributed by atoms with E-state index in [1.54, 1.807) is 18.2 Å². The first kappa shape index (κ1) is 10.2. The van der Waals surface area contributed by atoms with E-state index in [0.29, 0.717) is 5.56 Å². The van der Waals surface area contributed by atoms with Crippen LogP contribution in [0.3, 0.4) is 0 Å². The molecule has 0 atom stereocenters. The monoisotopic (exact) mass is 265 g/mol. The van der Waals surface area contributed by atoms with E-state index in [1.165, 1.54) is 0 Å². The summed E-state index contributed by atoms with van der Waals surface area (Å²) in [4.78, 5) is 11.0. The van der Waals surface area contributed by atoms with Crippen molar-refractivity contribution in [2.45, 2.75) is 18.3 Å². The molecule has 1 saturated carbocycles. The van der Waals surface area contributed by atoms with Crippen molar-refractivity contribution in [3.8, 4) is 6.07 Å². The van der Waals surface area contributed by atoms with Crippen LogP contribution in [-0.2, 0) is 5.41 Å². The Labute approximate surface area is 95.5 Å². The number of rotatable bonds is 2. The first-order valence-corrected chi connectivity index (χ1v) is 5.33. The Hall–Kier alpha value is -1.34. The Kier molecular flexibility index (Phi) is 2.28. The van der Waals surface area contributed by atoms with E-state index in [1.807, 2.05) is 0 Å². The molecule has 76 valence electrons. The number of carboxylic acids is 1. The Morgan fingerprint density at radius 2 is 2.20 bits per heavy atom. The van der Waals surface area contributed by atoms with Gasteiger partial charge in [0.25, 0.3) is 0 Å². The van der Waals surface area contributed by atoms with Crippen LogP contribution in [0, 0.1) is 11.3 Å². The van der Waals surface area contributed by atoms with Crippen molar-refractivity contribution in [1.29, 1.82) is 5.26 Å². The van der Waals surface area contributed by atoms with Gasteiger partial charge in [0.2, 0.25) is 0 Å². The minimum atomic E-state index is -0.973. The number of carboxylic acid groups (broad SMARTS) is 1. The van der Waals surface area contributed by atoms with Crippen LogP contribution >= 0.6 is 15.9 Å². The van der Waals surface area contributed by atoms with Crippen LogP contribution in [0.1, 0.15) is 28.8 Å². The maximum Gasteiger partial charge on any atom is 0.336 e. The number of hydrogen-bond acceptors (Lipinski definition) is 2. The first-order chi connectivity index (χ1) is 7.09. The molecule has 2 rings (SSSR count). The maximum atomic E-state index is 11.0. The van der Waals surface area contributed by atoms with Crippen molar-refractivity contribution in [1.82, 2.24) is 0 Å². The molecule has 0 spiro atoms. The largest absolute Gasteiger partial charge is 0.478 e. The van der Waals surface area contributed by atoms with Gasteiger partial charge in [0.1, 0.15) is 0 Å². The third-order valence-electron chi connectivity index (χ3n) is 2.69. The molecule has 0 radical (unpaired) electrons. The summed E-state index contributed by atoms with van der Waals surface area (Å²) in [5.74, 6) is -0.973. The van der Waals surface area contributed by atoms with E-state index < -0.39 is 11.4 Å². The van der Waals surface area contributed by atoms with Crippen LogP contribution in [0.4, 0.5) is 0 Å². The highest BCUT2D eigenvalue weighted by atomic mass is 79.9. The number of halogens is 1. The Balaban J connectivity index is 2.59. The smallest absolute Gasteiger partial charge is 0.336 e. The van der Waals surface area contributed by atoms with Crippen LogP contribution in [0.5, 0.6) is 0 Å². The third kappa shape index (κ3) is 1.64. The zero-order valence-electron chi connectivity index (χ0n) is 7.83.